The lowest BCUT2D eigenvalue weighted by atomic mass is 9.90. The Labute approximate surface area is 342 Å². The predicted molar refractivity (Wildman–Crippen MR) is 252 cm³/mol. The first-order valence-electron chi connectivity index (χ1n) is 20.3. The van der Waals surface area contributed by atoms with Crippen molar-refractivity contribution in [3.8, 4) is 44.5 Å². The molecule has 58 heavy (non-hydrogen) atoms. The van der Waals surface area contributed by atoms with Gasteiger partial charge in [0, 0.05) is 11.1 Å². The van der Waals surface area contributed by atoms with Gasteiger partial charge in [0.1, 0.15) is 5.84 Å². The Hall–Kier alpha value is -7.03. The average molecular weight is 749 g/mol. The SMILES string of the molecule is C/C=C(\N=C(N)c1ccc2c3ccccc3c3ccccc3c2c1)c1cccc(-c2ccc(-c3cccc(-c4cccc(-c5ccccc5C)c4C)c3)cc2)c1.CC. The quantitative estimate of drug-likeness (QED) is 0.0984. The van der Waals surface area contributed by atoms with E-state index in [2.05, 4.69) is 196 Å². The standard InChI is InChI=1S/C54H42N2.C2H6/c1-4-53(56-54(55)43-30-31-51-49-22-8-7-20-47(49)48-21-9-10-23-50(48)52(51)34-43)42-18-12-16-40(33-42)38-28-26-37(27-29-38)39-15-11-17-41(32-39)45-24-13-25-46(36(45)3)44-19-6-5-14-35(44)2;1-2/h4-34H,1-3H3,(H2,55,56);1-2H3/b53-4-;. The number of hydrogen-bond donors (Lipinski definition) is 1. The van der Waals surface area contributed by atoms with E-state index in [1.165, 1.54) is 76.8 Å². The maximum atomic E-state index is 6.78. The molecule has 9 aromatic carbocycles. The van der Waals surface area contributed by atoms with Gasteiger partial charge in [-0.05, 0) is 127 Å². The zero-order chi connectivity index (χ0) is 40.2. The summed E-state index contributed by atoms with van der Waals surface area (Å²) in [6, 6.07) is 65.2. The van der Waals surface area contributed by atoms with Crippen LogP contribution < -0.4 is 5.73 Å². The van der Waals surface area contributed by atoms with E-state index in [1.54, 1.807) is 0 Å². The molecule has 9 rings (SSSR count). The fourth-order valence-corrected chi connectivity index (χ4v) is 8.25. The van der Waals surface area contributed by atoms with E-state index in [1.807, 2.05) is 26.8 Å². The van der Waals surface area contributed by atoms with Gasteiger partial charge in [-0.15, -0.1) is 0 Å². The van der Waals surface area contributed by atoms with Gasteiger partial charge in [0.05, 0.1) is 5.70 Å². The summed E-state index contributed by atoms with van der Waals surface area (Å²) in [5.74, 6) is 0.492. The van der Waals surface area contributed by atoms with Crippen LogP contribution in [0.5, 0.6) is 0 Å². The maximum Gasteiger partial charge on any atom is 0.131 e. The van der Waals surface area contributed by atoms with Gasteiger partial charge in [-0.3, -0.25) is 0 Å². The second kappa shape index (κ2) is 16.6. The Morgan fingerprint density at radius 2 is 0.914 bits per heavy atom. The van der Waals surface area contributed by atoms with Crippen LogP contribution in [0.3, 0.4) is 0 Å². The van der Waals surface area contributed by atoms with E-state index < -0.39 is 0 Å². The van der Waals surface area contributed by atoms with Crippen molar-refractivity contribution in [2.75, 3.05) is 0 Å². The molecule has 0 spiro atoms. The number of aliphatic imine (C=N–C) groups is 1. The number of benzene rings is 9. The topological polar surface area (TPSA) is 38.4 Å². The fourth-order valence-electron chi connectivity index (χ4n) is 8.25. The Balaban J connectivity index is 0.00000231. The summed E-state index contributed by atoms with van der Waals surface area (Å²) < 4.78 is 0. The summed E-state index contributed by atoms with van der Waals surface area (Å²) >= 11 is 0. The van der Waals surface area contributed by atoms with Crippen LogP contribution in [0, 0.1) is 13.8 Å². The van der Waals surface area contributed by atoms with Gasteiger partial charge in [0.15, 0.2) is 0 Å². The van der Waals surface area contributed by atoms with Gasteiger partial charge in [0.25, 0.3) is 0 Å². The monoisotopic (exact) mass is 748 g/mol. The van der Waals surface area contributed by atoms with E-state index in [0.717, 1.165) is 28.0 Å². The Bertz CT molecular complexity index is 2970. The van der Waals surface area contributed by atoms with Crippen molar-refractivity contribution in [3.05, 3.63) is 210 Å². The number of amidine groups is 1. The van der Waals surface area contributed by atoms with Crippen LogP contribution in [-0.2, 0) is 0 Å². The summed E-state index contributed by atoms with van der Waals surface area (Å²) in [5, 5.41) is 7.35. The van der Waals surface area contributed by atoms with Crippen molar-refractivity contribution < 1.29 is 0 Å². The van der Waals surface area contributed by atoms with Crippen molar-refractivity contribution in [3.63, 3.8) is 0 Å². The molecule has 0 radical (unpaired) electrons. The molecule has 0 aliphatic rings. The van der Waals surface area contributed by atoms with Crippen LogP contribution in [-0.4, -0.2) is 5.84 Å². The molecule has 9 aromatic rings. The molecular formula is C56H48N2. The number of allylic oxidation sites excluding steroid dienone is 1. The molecule has 2 heteroatoms. The van der Waals surface area contributed by atoms with Crippen molar-refractivity contribution in [2.24, 2.45) is 10.7 Å². The van der Waals surface area contributed by atoms with Crippen LogP contribution in [0.25, 0.3) is 82.5 Å². The second-order valence-electron chi connectivity index (χ2n) is 14.6. The molecule has 2 N–H and O–H groups in total. The summed E-state index contributed by atoms with van der Waals surface area (Å²) in [4.78, 5) is 4.99. The third-order valence-electron chi connectivity index (χ3n) is 11.2. The highest BCUT2D eigenvalue weighted by Crippen LogP contribution is 2.37. The van der Waals surface area contributed by atoms with E-state index in [9.17, 15) is 0 Å². The van der Waals surface area contributed by atoms with Crippen LogP contribution in [0.1, 0.15) is 43.0 Å². The molecule has 0 saturated heterocycles. The number of hydrogen-bond acceptors (Lipinski definition) is 1. The fraction of sp³-hybridized carbons (Fsp3) is 0.0893. The van der Waals surface area contributed by atoms with Crippen LogP contribution >= 0.6 is 0 Å². The lowest BCUT2D eigenvalue weighted by molar-refractivity contribution is 1.40. The highest BCUT2D eigenvalue weighted by atomic mass is 14.9. The summed E-state index contributed by atoms with van der Waals surface area (Å²) in [7, 11) is 0. The number of rotatable bonds is 7. The van der Waals surface area contributed by atoms with Gasteiger partial charge in [-0.2, -0.15) is 0 Å². The summed E-state index contributed by atoms with van der Waals surface area (Å²) in [5.41, 5.74) is 21.8. The Morgan fingerprint density at radius 1 is 0.414 bits per heavy atom. The largest absolute Gasteiger partial charge is 0.383 e. The number of nitrogens with two attached hydrogens (primary N) is 1. The van der Waals surface area contributed by atoms with Crippen molar-refractivity contribution in [2.45, 2.75) is 34.6 Å². The highest BCUT2D eigenvalue weighted by Gasteiger charge is 2.13. The van der Waals surface area contributed by atoms with Crippen LogP contribution in [0.15, 0.2) is 193 Å². The minimum absolute atomic E-state index is 0.492. The Kier molecular flexibility index (Phi) is 10.8. The van der Waals surface area contributed by atoms with Gasteiger partial charge in [-0.1, -0.05) is 184 Å². The molecule has 0 saturated carbocycles. The van der Waals surface area contributed by atoms with Crippen molar-refractivity contribution >= 4 is 43.9 Å². The van der Waals surface area contributed by atoms with Gasteiger partial charge >= 0.3 is 0 Å². The number of fused-ring (bicyclic) bond motifs is 6. The third kappa shape index (κ3) is 7.22. The van der Waals surface area contributed by atoms with Gasteiger partial charge in [-0.25, -0.2) is 4.99 Å². The smallest absolute Gasteiger partial charge is 0.131 e. The third-order valence-corrected chi connectivity index (χ3v) is 11.2. The molecule has 0 heterocycles. The van der Waals surface area contributed by atoms with Gasteiger partial charge < -0.3 is 5.73 Å². The highest BCUT2D eigenvalue weighted by molar-refractivity contribution is 6.26. The van der Waals surface area contributed by atoms with Crippen molar-refractivity contribution in [1.82, 2.24) is 0 Å². The molecule has 0 unspecified atom stereocenters. The molecule has 0 bridgehead atoms. The van der Waals surface area contributed by atoms with E-state index in [4.69, 9.17) is 10.7 Å². The lowest BCUT2D eigenvalue weighted by Gasteiger charge is -2.15. The summed E-state index contributed by atoms with van der Waals surface area (Å²) in [6.07, 6.45) is 2.03. The van der Waals surface area contributed by atoms with Crippen LogP contribution in [0.4, 0.5) is 0 Å². The molecule has 0 aliphatic carbocycles. The first kappa shape index (κ1) is 37.9. The minimum atomic E-state index is 0.492. The predicted octanol–water partition coefficient (Wildman–Crippen LogP) is 15.2. The first-order chi connectivity index (χ1) is 28.5. The summed E-state index contributed by atoms with van der Waals surface area (Å²) in [6.45, 7) is 10.4. The maximum absolute atomic E-state index is 6.78. The molecule has 282 valence electrons. The van der Waals surface area contributed by atoms with E-state index >= 15 is 0 Å². The first-order valence-corrected chi connectivity index (χ1v) is 20.3. The molecule has 0 atom stereocenters. The minimum Gasteiger partial charge on any atom is -0.383 e. The lowest BCUT2D eigenvalue weighted by Crippen LogP contribution is -2.13. The molecule has 0 fully saturated rings. The van der Waals surface area contributed by atoms with Crippen molar-refractivity contribution in [1.29, 1.82) is 0 Å². The molecular weight excluding hydrogens is 701 g/mol. The average Bonchev–Trinajstić information content (AvgIpc) is 3.29. The number of nitrogens with zero attached hydrogens (tertiary/aromatic N) is 1. The molecule has 0 aliphatic heterocycles. The van der Waals surface area contributed by atoms with E-state index in [-0.39, 0.29) is 0 Å². The zero-order valence-corrected chi connectivity index (χ0v) is 33.9. The second-order valence-corrected chi connectivity index (χ2v) is 14.6. The number of aryl methyl sites for hydroxylation is 1. The van der Waals surface area contributed by atoms with Gasteiger partial charge in [0.2, 0.25) is 0 Å². The normalized spacial score (nSPS) is 11.8. The van der Waals surface area contributed by atoms with Crippen LogP contribution in [0.2, 0.25) is 0 Å². The Morgan fingerprint density at radius 3 is 1.55 bits per heavy atom. The van der Waals surface area contributed by atoms with E-state index in [0.29, 0.717) is 5.84 Å². The molecule has 0 aromatic heterocycles. The molecule has 2 nitrogen and oxygen atoms in total. The zero-order valence-electron chi connectivity index (χ0n) is 33.9. The molecule has 0 amide bonds.